The fourth-order valence-electron chi connectivity index (χ4n) is 4.19. The maximum absolute atomic E-state index is 13.0. The Bertz CT molecular complexity index is 1230. The molecule has 0 radical (unpaired) electrons. The second-order valence-corrected chi connectivity index (χ2v) is 9.50. The second-order valence-electron chi connectivity index (χ2n) is 8.66. The van der Waals surface area contributed by atoms with Crippen molar-refractivity contribution in [2.24, 2.45) is 4.99 Å². The molecule has 1 atom stereocenters. The summed E-state index contributed by atoms with van der Waals surface area (Å²) in [6.45, 7) is 6.07. The summed E-state index contributed by atoms with van der Waals surface area (Å²) in [4.78, 5) is 32.4. The zero-order valence-electron chi connectivity index (χ0n) is 20.5. The third kappa shape index (κ3) is 5.12. The van der Waals surface area contributed by atoms with E-state index in [1.165, 1.54) is 24.4 Å². The maximum Gasteiger partial charge on any atom is 0.338 e. The van der Waals surface area contributed by atoms with Gasteiger partial charge in [0.05, 0.1) is 38.0 Å². The van der Waals surface area contributed by atoms with E-state index in [1.807, 2.05) is 58.8 Å². The Morgan fingerprint density at radius 2 is 1.89 bits per heavy atom. The molecule has 0 fully saturated rings. The number of ether oxygens (including phenoxy) is 2. The maximum atomic E-state index is 13.0. The van der Waals surface area contributed by atoms with Crippen LogP contribution in [0.4, 0.5) is 5.69 Å². The quantitative estimate of drug-likeness (QED) is 0.508. The van der Waals surface area contributed by atoms with Gasteiger partial charge in [-0.05, 0) is 53.6 Å². The lowest BCUT2D eigenvalue weighted by Crippen LogP contribution is -2.37. The Morgan fingerprint density at radius 1 is 1.14 bits per heavy atom. The minimum absolute atomic E-state index is 0.131. The van der Waals surface area contributed by atoms with Crippen LogP contribution in [0.5, 0.6) is 5.75 Å². The van der Waals surface area contributed by atoms with E-state index in [9.17, 15) is 9.59 Å². The molecule has 2 heterocycles. The molecule has 1 N–H and O–H groups in total. The van der Waals surface area contributed by atoms with Gasteiger partial charge in [0.2, 0.25) is 5.91 Å². The van der Waals surface area contributed by atoms with Gasteiger partial charge in [0.15, 0.2) is 5.17 Å². The monoisotopic (exact) mass is 491 g/mol. The average molecular weight is 492 g/mol. The first-order valence-electron chi connectivity index (χ1n) is 11.4. The first kappa shape index (κ1) is 24.6. The molecule has 2 aliphatic heterocycles. The van der Waals surface area contributed by atoms with E-state index in [-0.39, 0.29) is 12.3 Å². The highest BCUT2D eigenvalue weighted by Gasteiger charge is 2.41. The van der Waals surface area contributed by atoms with E-state index in [2.05, 4.69) is 24.2 Å². The number of esters is 1. The van der Waals surface area contributed by atoms with Crippen molar-refractivity contribution < 1.29 is 19.1 Å². The number of aliphatic imine (C=N–C) groups is 1. The van der Waals surface area contributed by atoms with Crippen molar-refractivity contribution >= 4 is 34.5 Å². The largest absolute Gasteiger partial charge is 0.497 e. The minimum atomic E-state index is -0.496. The molecule has 8 heteroatoms. The molecule has 35 heavy (non-hydrogen) atoms. The van der Waals surface area contributed by atoms with Crippen molar-refractivity contribution in [1.29, 1.82) is 0 Å². The standard InChI is InChI=1S/C27H29N3O4S/c1-16(2)18-9-11-20(12-10-18)29-23(31)14-21-15-35-27-28-17(3)24(26(32)34-5)25(30(21)27)19-7-6-8-22(13-19)33-4/h6-13,15-16,25H,14H2,1-5H3,(H,29,31)/t25-/m1/s1. The first-order valence-corrected chi connectivity index (χ1v) is 12.3. The first-order chi connectivity index (χ1) is 16.8. The Balaban J connectivity index is 1.62. The van der Waals surface area contributed by atoms with Gasteiger partial charge in [-0.2, -0.15) is 0 Å². The lowest BCUT2D eigenvalue weighted by atomic mass is 9.93. The number of rotatable bonds is 7. The number of nitrogens with one attached hydrogen (secondary N) is 1. The van der Waals surface area contributed by atoms with Gasteiger partial charge < -0.3 is 19.7 Å². The number of hydrogen-bond acceptors (Lipinski definition) is 7. The van der Waals surface area contributed by atoms with Crippen LogP contribution in [0, 0.1) is 0 Å². The highest BCUT2D eigenvalue weighted by Crippen LogP contribution is 2.45. The normalized spacial score (nSPS) is 17.1. The molecular formula is C27H29N3O4S. The molecule has 0 unspecified atom stereocenters. The van der Waals surface area contributed by atoms with Crippen molar-refractivity contribution in [3.8, 4) is 5.75 Å². The molecule has 0 saturated heterocycles. The fraction of sp³-hybridized carbons (Fsp3) is 0.296. The molecule has 0 aliphatic carbocycles. The van der Waals surface area contributed by atoms with Crippen molar-refractivity contribution in [2.75, 3.05) is 19.5 Å². The number of methoxy groups -OCH3 is 2. The Kier molecular flexibility index (Phi) is 7.31. The van der Waals surface area contributed by atoms with Crippen LogP contribution in [0.3, 0.4) is 0 Å². The second kappa shape index (κ2) is 10.4. The summed E-state index contributed by atoms with van der Waals surface area (Å²) in [5, 5.41) is 5.61. The van der Waals surface area contributed by atoms with Crippen LogP contribution in [0.2, 0.25) is 0 Å². The third-order valence-corrected chi connectivity index (χ3v) is 6.91. The number of amides is 1. The summed E-state index contributed by atoms with van der Waals surface area (Å²) in [6, 6.07) is 14.9. The van der Waals surface area contributed by atoms with Crippen LogP contribution in [0.1, 0.15) is 50.3 Å². The Morgan fingerprint density at radius 3 is 2.54 bits per heavy atom. The van der Waals surface area contributed by atoms with Gasteiger partial charge >= 0.3 is 5.97 Å². The van der Waals surface area contributed by atoms with E-state index in [1.54, 1.807) is 14.0 Å². The molecule has 0 bridgehead atoms. The average Bonchev–Trinajstić information content (AvgIpc) is 3.24. The summed E-state index contributed by atoms with van der Waals surface area (Å²) in [5.41, 5.74) is 4.58. The van der Waals surface area contributed by atoms with E-state index >= 15 is 0 Å². The van der Waals surface area contributed by atoms with E-state index < -0.39 is 12.0 Å². The number of hydrogen-bond donors (Lipinski definition) is 1. The van der Waals surface area contributed by atoms with Crippen LogP contribution in [0.15, 0.2) is 75.9 Å². The van der Waals surface area contributed by atoms with Crippen LogP contribution in [0.25, 0.3) is 0 Å². The molecule has 1 amide bonds. The molecular weight excluding hydrogens is 462 g/mol. The third-order valence-electron chi connectivity index (χ3n) is 6.02. The van der Waals surface area contributed by atoms with Gasteiger partial charge in [0.1, 0.15) is 5.75 Å². The number of nitrogens with zero attached hydrogens (tertiary/aromatic N) is 2. The van der Waals surface area contributed by atoms with E-state index in [4.69, 9.17) is 9.47 Å². The van der Waals surface area contributed by atoms with Gasteiger partial charge in [-0.1, -0.05) is 49.9 Å². The number of thioether (sulfide) groups is 1. The van der Waals surface area contributed by atoms with E-state index in [0.717, 1.165) is 16.9 Å². The Labute approximate surface area is 209 Å². The molecule has 7 nitrogen and oxygen atoms in total. The number of carbonyl (C=O) groups excluding carboxylic acids is 2. The summed E-state index contributed by atoms with van der Waals surface area (Å²) >= 11 is 1.44. The van der Waals surface area contributed by atoms with Crippen LogP contribution in [-0.4, -0.2) is 36.2 Å². The zero-order chi connectivity index (χ0) is 25.1. The van der Waals surface area contributed by atoms with Gasteiger partial charge in [-0.3, -0.25) is 4.79 Å². The predicted octanol–water partition coefficient (Wildman–Crippen LogP) is 5.60. The fourth-order valence-corrected chi connectivity index (χ4v) is 5.15. The van der Waals surface area contributed by atoms with Crippen LogP contribution < -0.4 is 10.1 Å². The summed E-state index contributed by atoms with van der Waals surface area (Å²) in [6.07, 6.45) is 0.131. The highest BCUT2D eigenvalue weighted by molar-refractivity contribution is 8.16. The van der Waals surface area contributed by atoms with Gasteiger partial charge in [-0.25, -0.2) is 9.79 Å². The minimum Gasteiger partial charge on any atom is -0.497 e. The number of carbonyl (C=O) groups is 2. The SMILES string of the molecule is COC(=O)C1=C(C)N=C2SC=C(CC(=O)Nc3ccc(C(C)C)cc3)N2[C@@H]1c1cccc(OC)c1. The lowest BCUT2D eigenvalue weighted by Gasteiger charge is -2.36. The van der Waals surface area contributed by atoms with Crippen molar-refractivity contribution in [3.63, 3.8) is 0 Å². The molecule has 0 spiro atoms. The summed E-state index contributed by atoms with van der Waals surface area (Å²) in [5.74, 6) is 0.495. The van der Waals surface area contributed by atoms with Gasteiger partial charge in [0, 0.05) is 11.4 Å². The molecule has 2 aromatic carbocycles. The summed E-state index contributed by atoms with van der Waals surface area (Å²) in [7, 11) is 2.96. The van der Waals surface area contributed by atoms with Crippen LogP contribution in [-0.2, 0) is 14.3 Å². The Hall–Kier alpha value is -3.52. The zero-order valence-corrected chi connectivity index (χ0v) is 21.3. The van der Waals surface area contributed by atoms with Gasteiger partial charge in [-0.15, -0.1) is 0 Å². The number of anilines is 1. The predicted molar refractivity (Wildman–Crippen MR) is 139 cm³/mol. The van der Waals surface area contributed by atoms with Gasteiger partial charge in [0.25, 0.3) is 0 Å². The number of benzene rings is 2. The lowest BCUT2D eigenvalue weighted by molar-refractivity contribution is -0.136. The number of fused-ring (bicyclic) bond motifs is 1. The highest BCUT2D eigenvalue weighted by atomic mass is 32.2. The van der Waals surface area contributed by atoms with Crippen LogP contribution >= 0.6 is 11.8 Å². The van der Waals surface area contributed by atoms with Crippen molar-refractivity contribution in [1.82, 2.24) is 4.90 Å². The van der Waals surface area contributed by atoms with Crippen molar-refractivity contribution in [3.05, 3.63) is 82.0 Å². The molecule has 0 saturated carbocycles. The number of amidine groups is 1. The summed E-state index contributed by atoms with van der Waals surface area (Å²) < 4.78 is 10.5. The van der Waals surface area contributed by atoms with E-state index in [0.29, 0.717) is 28.1 Å². The topological polar surface area (TPSA) is 80.2 Å². The molecule has 2 aromatic rings. The smallest absolute Gasteiger partial charge is 0.338 e. The molecule has 2 aliphatic rings. The molecule has 182 valence electrons. The van der Waals surface area contributed by atoms with Crippen molar-refractivity contribution in [2.45, 2.75) is 39.2 Å². The number of allylic oxidation sites excluding steroid dienone is 1. The molecule has 0 aromatic heterocycles. The molecule has 4 rings (SSSR count).